The molecule has 0 spiro atoms. The van der Waals surface area contributed by atoms with Gasteiger partial charge in [-0.25, -0.2) is 0 Å². The van der Waals surface area contributed by atoms with E-state index in [2.05, 4.69) is 39.4 Å². The Morgan fingerprint density at radius 2 is 2.04 bits per heavy atom. The number of nitrogens with zero attached hydrogens (tertiary/aromatic N) is 5. The Morgan fingerprint density at radius 1 is 1.16 bits per heavy atom. The zero-order valence-corrected chi connectivity index (χ0v) is 14.3. The minimum Gasteiger partial charge on any atom is -0.461 e. The van der Waals surface area contributed by atoms with Crippen LogP contribution in [0.5, 0.6) is 0 Å². The molecule has 3 aromatic heterocycles. The van der Waals surface area contributed by atoms with E-state index in [1.807, 2.05) is 22.8 Å². The standard InChI is InChI=1S/C17H15N5O2S/c1-12(13-6-3-2-4-7-13)22-11-18-20-17(22)25-10-15-19-16(21-24-15)14-8-5-9-23-14/h2-9,11-12H,10H2,1H3/t12-/m0/s1. The number of rotatable bonds is 6. The summed E-state index contributed by atoms with van der Waals surface area (Å²) in [5.41, 5.74) is 1.20. The van der Waals surface area contributed by atoms with Gasteiger partial charge in [0, 0.05) is 0 Å². The summed E-state index contributed by atoms with van der Waals surface area (Å²) in [7, 11) is 0. The van der Waals surface area contributed by atoms with Crippen LogP contribution in [0.25, 0.3) is 11.6 Å². The van der Waals surface area contributed by atoms with Crippen molar-refractivity contribution in [2.24, 2.45) is 0 Å². The van der Waals surface area contributed by atoms with E-state index in [0.29, 0.717) is 23.2 Å². The van der Waals surface area contributed by atoms with Gasteiger partial charge in [0.15, 0.2) is 10.9 Å². The van der Waals surface area contributed by atoms with E-state index in [1.165, 1.54) is 17.3 Å². The topological polar surface area (TPSA) is 82.8 Å². The molecule has 0 aliphatic rings. The molecule has 0 amide bonds. The molecule has 0 bridgehead atoms. The molecular formula is C17H15N5O2S. The van der Waals surface area contributed by atoms with E-state index in [9.17, 15) is 0 Å². The molecule has 4 aromatic rings. The van der Waals surface area contributed by atoms with Crippen LogP contribution >= 0.6 is 11.8 Å². The molecule has 8 heteroatoms. The van der Waals surface area contributed by atoms with E-state index < -0.39 is 0 Å². The Balaban J connectivity index is 1.47. The quantitative estimate of drug-likeness (QED) is 0.487. The number of hydrogen-bond donors (Lipinski definition) is 0. The third kappa shape index (κ3) is 3.34. The van der Waals surface area contributed by atoms with Crippen LogP contribution in [0.15, 0.2) is 69.2 Å². The van der Waals surface area contributed by atoms with Gasteiger partial charge in [-0.05, 0) is 24.6 Å². The number of thioether (sulfide) groups is 1. The first-order chi connectivity index (χ1) is 12.3. The van der Waals surface area contributed by atoms with Gasteiger partial charge in [0.2, 0.25) is 11.7 Å². The molecule has 25 heavy (non-hydrogen) atoms. The summed E-state index contributed by atoms with van der Waals surface area (Å²) >= 11 is 1.50. The highest BCUT2D eigenvalue weighted by Gasteiger charge is 2.16. The van der Waals surface area contributed by atoms with Gasteiger partial charge in [-0.15, -0.1) is 10.2 Å². The third-order valence-corrected chi connectivity index (χ3v) is 4.72. The SMILES string of the molecule is C[C@@H](c1ccccc1)n1cnnc1SCc1nc(-c2ccco2)no1. The molecule has 0 unspecified atom stereocenters. The van der Waals surface area contributed by atoms with Crippen LogP contribution in [0.3, 0.4) is 0 Å². The number of benzene rings is 1. The summed E-state index contributed by atoms with van der Waals surface area (Å²) in [4.78, 5) is 4.34. The van der Waals surface area contributed by atoms with Crippen LogP contribution in [0.2, 0.25) is 0 Å². The Labute approximate surface area is 148 Å². The highest BCUT2D eigenvalue weighted by molar-refractivity contribution is 7.98. The molecule has 126 valence electrons. The largest absolute Gasteiger partial charge is 0.461 e. The fourth-order valence-electron chi connectivity index (χ4n) is 2.44. The van der Waals surface area contributed by atoms with Crippen LogP contribution in [-0.2, 0) is 5.75 Å². The minimum absolute atomic E-state index is 0.139. The summed E-state index contributed by atoms with van der Waals surface area (Å²) < 4.78 is 12.6. The van der Waals surface area contributed by atoms with E-state index in [4.69, 9.17) is 8.94 Å². The Morgan fingerprint density at radius 3 is 2.84 bits per heavy atom. The van der Waals surface area contributed by atoms with Crippen molar-refractivity contribution in [3.63, 3.8) is 0 Å². The first-order valence-corrected chi connectivity index (χ1v) is 8.73. The van der Waals surface area contributed by atoms with Crippen LogP contribution in [-0.4, -0.2) is 24.9 Å². The predicted octanol–water partition coefficient (Wildman–Crippen LogP) is 3.82. The first kappa shape index (κ1) is 15.6. The van der Waals surface area contributed by atoms with Crippen LogP contribution < -0.4 is 0 Å². The van der Waals surface area contributed by atoms with Gasteiger partial charge in [-0.1, -0.05) is 47.3 Å². The van der Waals surface area contributed by atoms with Gasteiger partial charge in [-0.3, -0.25) is 0 Å². The molecule has 0 fully saturated rings. The van der Waals surface area contributed by atoms with Gasteiger partial charge in [0.05, 0.1) is 18.1 Å². The molecule has 3 heterocycles. The third-order valence-electron chi connectivity index (χ3n) is 3.77. The minimum atomic E-state index is 0.139. The predicted molar refractivity (Wildman–Crippen MR) is 91.8 cm³/mol. The maximum absolute atomic E-state index is 5.27. The molecule has 0 radical (unpaired) electrons. The summed E-state index contributed by atoms with van der Waals surface area (Å²) in [6, 6.07) is 14.0. The van der Waals surface area contributed by atoms with Crippen molar-refractivity contribution in [2.75, 3.05) is 0 Å². The second-order valence-electron chi connectivity index (χ2n) is 5.39. The van der Waals surface area contributed by atoms with Gasteiger partial charge in [-0.2, -0.15) is 4.98 Å². The molecule has 0 saturated carbocycles. The summed E-state index contributed by atoms with van der Waals surface area (Å²) in [6.45, 7) is 2.12. The van der Waals surface area contributed by atoms with Crippen LogP contribution in [0.4, 0.5) is 0 Å². The van der Waals surface area contributed by atoms with Crippen molar-refractivity contribution < 1.29 is 8.94 Å². The second-order valence-corrected chi connectivity index (χ2v) is 6.33. The zero-order valence-electron chi connectivity index (χ0n) is 13.4. The monoisotopic (exact) mass is 353 g/mol. The second kappa shape index (κ2) is 6.94. The molecule has 0 aliphatic heterocycles. The lowest BCUT2D eigenvalue weighted by molar-refractivity contribution is 0.390. The van der Waals surface area contributed by atoms with Crippen molar-refractivity contribution in [1.82, 2.24) is 24.9 Å². The lowest BCUT2D eigenvalue weighted by Gasteiger charge is -2.15. The van der Waals surface area contributed by atoms with Crippen molar-refractivity contribution in [3.05, 3.63) is 66.5 Å². The number of aromatic nitrogens is 5. The van der Waals surface area contributed by atoms with E-state index in [1.54, 1.807) is 24.7 Å². The molecule has 4 rings (SSSR count). The molecule has 0 saturated heterocycles. The summed E-state index contributed by atoms with van der Waals surface area (Å²) in [6.07, 6.45) is 3.32. The molecule has 7 nitrogen and oxygen atoms in total. The summed E-state index contributed by atoms with van der Waals surface area (Å²) in [5, 5.41) is 13.0. The van der Waals surface area contributed by atoms with E-state index in [-0.39, 0.29) is 6.04 Å². The van der Waals surface area contributed by atoms with Gasteiger partial charge >= 0.3 is 0 Å². The fourth-order valence-corrected chi connectivity index (χ4v) is 3.27. The van der Waals surface area contributed by atoms with Crippen molar-refractivity contribution in [2.45, 2.75) is 23.9 Å². The molecular weight excluding hydrogens is 338 g/mol. The van der Waals surface area contributed by atoms with Crippen molar-refractivity contribution in [1.29, 1.82) is 0 Å². The lowest BCUT2D eigenvalue weighted by Crippen LogP contribution is -2.07. The van der Waals surface area contributed by atoms with Crippen LogP contribution in [0.1, 0.15) is 24.4 Å². The Bertz CT molecular complexity index is 933. The Kier molecular flexibility index (Phi) is 4.34. The highest BCUT2D eigenvalue weighted by Crippen LogP contribution is 2.26. The van der Waals surface area contributed by atoms with Crippen molar-refractivity contribution >= 4 is 11.8 Å². The van der Waals surface area contributed by atoms with E-state index >= 15 is 0 Å². The first-order valence-electron chi connectivity index (χ1n) is 7.75. The average Bonchev–Trinajstić information content (AvgIpc) is 3.40. The fraction of sp³-hybridized carbons (Fsp3) is 0.176. The smallest absolute Gasteiger partial charge is 0.238 e. The maximum Gasteiger partial charge on any atom is 0.238 e. The lowest BCUT2D eigenvalue weighted by atomic mass is 10.1. The average molecular weight is 353 g/mol. The molecule has 0 aliphatic carbocycles. The van der Waals surface area contributed by atoms with Gasteiger partial charge in [0.1, 0.15) is 6.33 Å². The molecule has 1 atom stereocenters. The van der Waals surface area contributed by atoms with Crippen molar-refractivity contribution in [3.8, 4) is 11.6 Å². The van der Waals surface area contributed by atoms with Crippen LogP contribution in [0, 0.1) is 0 Å². The van der Waals surface area contributed by atoms with Gasteiger partial charge in [0.25, 0.3) is 0 Å². The number of furan rings is 1. The molecule has 0 N–H and O–H groups in total. The molecule has 1 aromatic carbocycles. The highest BCUT2D eigenvalue weighted by atomic mass is 32.2. The van der Waals surface area contributed by atoms with E-state index in [0.717, 1.165) is 5.16 Å². The zero-order chi connectivity index (χ0) is 17.1. The number of hydrogen-bond acceptors (Lipinski definition) is 7. The van der Waals surface area contributed by atoms with Gasteiger partial charge < -0.3 is 13.5 Å². The summed E-state index contributed by atoms with van der Waals surface area (Å²) in [5.74, 6) is 2.05. The maximum atomic E-state index is 5.27. The normalized spacial score (nSPS) is 12.4. The Hall–Kier alpha value is -2.87.